The minimum atomic E-state index is -1.17. The van der Waals surface area contributed by atoms with Gasteiger partial charge in [-0.1, -0.05) is 29.8 Å². The third kappa shape index (κ3) is 4.04. The fourth-order valence-corrected chi connectivity index (χ4v) is 2.54. The van der Waals surface area contributed by atoms with E-state index in [-0.39, 0.29) is 12.2 Å². The molecule has 0 fully saturated rings. The van der Waals surface area contributed by atoms with Gasteiger partial charge in [0.2, 0.25) is 0 Å². The number of hydrogen-bond acceptors (Lipinski definition) is 5. The predicted octanol–water partition coefficient (Wildman–Crippen LogP) is 3.78. The largest absolute Gasteiger partial charge is 0.457 e. The molecular weight excluding hydrogens is 333 g/mol. The topological polar surface area (TPSA) is 59.4 Å². The summed E-state index contributed by atoms with van der Waals surface area (Å²) < 4.78 is 5.08. The molecular formula is C14H11Cl2NO3S. The van der Waals surface area contributed by atoms with Crippen LogP contribution in [-0.2, 0) is 16.1 Å². The molecule has 4 nitrogen and oxygen atoms in total. The highest BCUT2D eigenvalue weighted by atomic mass is 35.5. The number of halogens is 2. The van der Waals surface area contributed by atoms with Crippen LogP contribution in [0.2, 0.25) is 10.0 Å². The van der Waals surface area contributed by atoms with Crippen molar-refractivity contribution in [3.05, 3.63) is 62.5 Å². The summed E-state index contributed by atoms with van der Waals surface area (Å²) in [4.78, 5) is 15.8. The third-order valence-corrected chi connectivity index (χ3v) is 4.08. The molecule has 0 bridgehead atoms. The third-order valence-electron chi connectivity index (χ3n) is 2.64. The Labute approximate surface area is 135 Å². The zero-order valence-corrected chi connectivity index (χ0v) is 13.1. The van der Waals surface area contributed by atoms with E-state index in [0.717, 1.165) is 0 Å². The number of carbonyl (C=O) groups excluding carboxylic acids is 1. The van der Waals surface area contributed by atoms with Gasteiger partial charge in [-0.05, 0) is 18.2 Å². The van der Waals surface area contributed by atoms with E-state index in [1.54, 1.807) is 23.6 Å². The van der Waals surface area contributed by atoms with Crippen LogP contribution in [0, 0.1) is 0 Å². The van der Waals surface area contributed by atoms with Gasteiger partial charge < -0.3 is 9.84 Å². The van der Waals surface area contributed by atoms with Crippen LogP contribution >= 0.6 is 34.5 Å². The van der Waals surface area contributed by atoms with E-state index in [2.05, 4.69) is 11.6 Å². The molecule has 0 aliphatic rings. The molecule has 0 saturated carbocycles. The number of aliphatic hydroxyl groups excluding tert-OH is 1. The number of benzene rings is 1. The van der Waals surface area contributed by atoms with Crippen molar-refractivity contribution in [2.24, 2.45) is 0 Å². The normalized spacial score (nSPS) is 12.0. The number of ether oxygens (including phenoxy) is 1. The number of hydrogen-bond donors (Lipinski definition) is 1. The van der Waals surface area contributed by atoms with Crippen molar-refractivity contribution in [3.63, 3.8) is 0 Å². The Hall–Kier alpha value is -1.40. The zero-order chi connectivity index (χ0) is 15.4. The second kappa shape index (κ2) is 7.04. The van der Waals surface area contributed by atoms with Gasteiger partial charge >= 0.3 is 5.97 Å². The van der Waals surface area contributed by atoms with Crippen molar-refractivity contribution < 1.29 is 14.6 Å². The Balaban J connectivity index is 1.98. The standard InChI is InChI=1S/C14H11Cl2NO3S/c1-8(12(18)13-17-4-5-21-13)14(19)20-7-9-6-10(15)2-3-11(9)16/h2-6,12,18H,1,7H2. The lowest BCUT2D eigenvalue weighted by molar-refractivity contribution is -0.141. The van der Waals surface area contributed by atoms with Crippen LogP contribution in [0.5, 0.6) is 0 Å². The second-order valence-electron chi connectivity index (χ2n) is 4.11. The summed E-state index contributed by atoms with van der Waals surface area (Å²) in [6.07, 6.45) is 0.362. The summed E-state index contributed by atoms with van der Waals surface area (Å²) in [5, 5.41) is 13.0. The summed E-state index contributed by atoms with van der Waals surface area (Å²) in [6.45, 7) is 3.49. The summed E-state index contributed by atoms with van der Waals surface area (Å²) in [7, 11) is 0. The highest BCUT2D eigenvalue weighted by Crippen LogP contribution is 2.25. The first-order chi connectivity index (χ1) is 9.99. The van der Waals surface area contributed by atoms with Crippen molar-refractivity contribution in [1.29, 1.82) is 0 Å². The number of carbonyl (C=O) groups is 1. The van der Waals surface area contributed by atoms with Gasteiger partial charge in [0.1, 0.15) is 17.7 Å². The molecule has 1 N–H and O–H groups in total. The molecule has 0 aliphatic heterocycles. The smallest absolute Gasteiger partial charge is 0.336 e. The van der Waals surface area contributed by atoms with Crippen LogP contribution < -0.4 is 0 Å². The first-order valence-electron chi connectivity index (χ1n) is 5.86. The van der Waals surface area contributed by atoms with Crippen molar-refractivity contribution in [2.45, 2.75) is 12.7 Å². The fraction of sp³-hybridized carbons (Fsp3) is 0.143. The molecule has 110 valence electrons. The van der Waals surface area contributed by atoms with Crippen LogP contribution in [0.4, 0.5) is 0 Å². The first kappa shape index (κ1) is 16.0. The van der Waals surface area contributed by atoms with E-state index in [1.807, 2.05) is 0 Å². The van der Waals surface area contributed by atoms with Gasteiger partial charge in [-0.3, -0.25) is 0 Å². The number of aliphatic hydroxyl groups is 1. The molecule has 2 aromatic rings. The lowest BCUT2D eigenvalue weighted by atomic mass is 10.2. The molecule has 0 saturated heterocycles. The van der Waals surface area contributed by atoms with E-state index in [0.29, 0.717) is 20.6 Å². The summed E-state index contributed by atoms with van der Waals surface area (Å²) in [5.74, 6) is -0.714. The highest BCUT2D eigenvalue weighted by Gasteiger charge is 2.22. The quantitative estimate of drug-likeness (QED) is 0.662. The van der Waals surface area contributed by atoms with E-state index in [4.69, 9.17) is 27.9 Å². The van der Waals surface area contributed by atoms with Crippen LogP contribution in [0.1, 0.15) is 16.7 Å². The molecule has 21 heavy (non-hydrogen) atoms. The van der Waals surface area contributed by atoms with Crippen molar-refractivity contribution in [3.8, 4) is 0 Å². The van der Waals surface area contributed by atoms with E-state index < -0.39 is 12.1 Å². The van der Waals surface area contributed by atoms with Gasteiger partial charge in [-0.25, -0.2) is 9.78 Å². The minimum absolute atomic E-state index is 0.0537. The van der Waals surface area contributed by atoms with E-state index >= 15 is 0 Å². The summed E-state index contributed by atoms with van der Waals surface area (Å²) in [5.41, 5.74) is 0.497. The number of esters is 1. The second-order valence-corrected chi connectivity index (χ2v) is 5.88. The molecule has 0 spiro atoms. The van der Waals surface area contributed by atoms with Crippen molar-refractivity contribution >= 4 is 40.5 Å². The molecule has 2 rings (SSSR count). The van der Waals surface area contributed by atoms with Gasteiger partial charge in [0.25, 0.3) is 0 Å². The lowest BCUT2D eigenvalue weighted by Crippen LogP contribution is -2.13. The number of aromatic nitrogens is 1. The molecule has 0 aliphatic carbocycles. The fourth-order valence-electron chi connectivity index (χ4n) is 1.52. The van der Waals surface area contributed by atoms with E-state index in [9.17, 15) is 9.90 Å². The number of rotatable bonds is 5. The average Bonchev–Trinajstić information content (AvgIpc) is 3.00. The Morgan fingerprint density at radius 1 is 1.48 bits per heavy atom. The maximum Gasteiger partial charge on any atom is 0.336 e. The van der Waals surface area contributed by atoms with Gasteiger partial charge in [-0.15, -0.1) is 11.3 Å². The number of thiazole rings is 1. The Morgan fingerprint density at radius 2 is 2.24 bits per heavy atom. The Bertz CT molecular complexity index is 658. The van der Waals surface area contributed by atoms with Crippen molar-refractivity contribution in [2.75, 3.05) is 0 Å². The van der Waals surface area contributed by atoms with Crippen molar-refractivity contribution in [1.82, 2.24) is 4.98 Å². The van der Waals surface area contributed by atoms with E-state index in [1.165, 1.54) is 17.5 Å². The van der Waals surface area contributed by atoms with Crippen LogP contribution in [0.15, 0.2) is 41.9 Å². The predicted molar refractivity (Wildman–Crippen MR) is 82.5 cm³/mol. The molecule has 1 aromatic heterocycles. The summed E-state index contributed by atoms with van der Waals surface area (Å²) in [6, 6.07) is 4.86. The molecule has 1 aromatic carbocycles. The first-order valence-corrected chi connectivity index (χ1v) is 7.50. The Kier molecular flexibility index (Phi) is 5.36. The molecule has 7 heteroatoms. The maximum absolute atomic E-state index is 11.9. The maximum atomic E-state index is 11.9. The lowest BCUT2D eigenvalue weighted by Gasteiger charge is -2.11. The van der Waals surface area contributed by atoms with Crippen LogP contribution in [0.3, 0.4) is 0 Å². The van der Waals surface area contributed by atoms with Gasteiger partial charge in [0.05, 0.1) is 5.57 Å². The average molecular weight is 344 g/mol. The molecule has 1 unspecified atom stereocenters. The summed E-state index contributed by atoms with van der Waals surface area (Å²) >= 11 is 13.0. The SMILES string of the molecule is C=C(C(=O)OCc1cc(Cl)ccc1Cl)C(O)c1nccs1. The number of nitrogens with zero attached hydrogens (tertiary/aromatic N) is 1. The zero-order valence-electron chi connectivity index (χ0n) is 10.8. The van der Waals surface area contributed by atoms with Crippen LogP contribution in [0.25, 0.3) is 0 Å². The van der Waals surface area contributed by atoms with Crippen LogP contribution in [-0.4, -0.2) is 16.1 Å². The minimum Gasteiger partial charge on any atom is -0.457 e. The van der Waals surface area contributed by atoms with Gasteiger partial charge in [0, 0.05) is 27.2 Å². The molecule has 0 amide bonds. The van der Waals surface area contributed by atoms with Gasteiger partial charge in [-0.2, -0.15) is 0 Å². The Morgan fingerprint density at radius 3 is 2.90 bits per heavy atom. The molecule has 1 atom stereocenters. The molecule has 0 radical (unpaired) electrons. The monoisotopic (exact) mass is 343 g/mol. The van der Waals surface area contributed by atoms with Gasteiger partial charge in [0.15, 0.2) is 0 Å². The highest BCUT2D eigenvalue weighted by molar-refractivity contribution is 7.09. The molecule has 1 heterocycles.